The quantitative estimate of drug-likeness (QED) is 0.116. The largest absolute Gasteiger partial charge is 0.347 e. The van der Waals surface area contributed by atoms with E-state index in [1.54, 1.807) is 0 Å². The minimum absolute atomic E-state index is 0.201. The maximum atomic E-state index is 5.06. The minimum Gasteiger partial charge on any atom is -0.347 e. The first-order valence-electron chi connectivity index (χ1n) is 22.9. The fourth-order valence-electron chi connectivity index (χ4n) is 9.06. The molecule has 316 valence electrons. The van der Waals surface area contributed by atoms with Crippen LogP contribution >= 0.6 is 0 Å². The van der Waals surface area contributed by atoms with Gasteiger partial charge in [0.2, 0.25) is 0 Å². The fourth-order valence-corrected chi connectivity index (χ4v) is 9.06. The van der Waals surface area contributed by atoms with Crippen LogP contribution in [-0.2, 0) is 25.7 Å². The third kappa shape index (κ3) is 9.81. The van der Waals surface area contributed by atoms with E-state index in [0.717, 1.165) is 60.3 Å². The Labute approximate surface area is 384 Å². The van der Waals surface area contributed by atoms with Crippen LogP contribution in [0, 0.1) is 5.41 Å². The van der Waals surface area contributed by atoms with Crippen molar-refractivity contribution in [2.45, 2.75) is 39.5 Å². The van der Waals surface area contributed by atoms with Crippen LogP contribution in [0.15, 0.2) is 225 Å². The molecule has 1 aliphatic heterocycles. The molecule has 0 amide bonds. The van der Waals surface area contributed by atoms with E-state index in [4.69, 9.17) is 9.97 Å². The van der Waals surface area contributed by atoms with Gasteiger partial charge >= 0.3 is 0 Å². The number of aryl methyl sites for hydroxylation is 4. The van der Waals surface area contributed by atoms with Crippen LogP contribution in [0.25, 0.3) is 67.0 Å². The lowest BCUT2D eigenvalue weighted by Gasteiger charge is -2.22. The second-order valence-electron chi connectivity index (χ2n) is 18.1. The Hall–Kier alpha value is -7.62. The third-order valence-corrected chi connectivity index (χ3v) is 12.7. The predicted molar refractivity (Wildman–Crippen MR) is 273 cm³/mol. The van der Waals surface area contributed by atoms with E-state index in [0.29, 0.717) is 0 Å². The molecule has 0 saturated carbocycles. The molecule has 3 heterocycles. The number of rotatable bonds is 13. The zero-order valence-electron chi connectivity index (χ0n) is 37.2. The Kier molecular flexibility index (Phi) is 11.9. The highest BCUT2D eigenvalue weighted by atomic mass is 15.1. The Morgan fingerprint density at radius 1 is 0.385 bits per heavy atom. The van der Waals surface area contributed by atoms with Crippen molar-refractivity contribution in [2.75, 3.05) is 11.4 Å². The number of benzene rings is 7. The molecule has 0 fully saturated rings. The van der Waals surface area contributed by atoms with Gasteiger partial charge in [0.15, 0.2) is 0 Å². The van der Waals surface area contributed by atoms with Crippen LogP contribution < -0.4 is 4.90 Å². The zero-order chi connectivity index (χ0) is 44.0. The summed E-state index contributed by atoms with van der Waals surface area (Å²) in [6.45, 7) is 5.59. The lowest BCUT2D eigenvalue weighted by Crippen LogP contribution is -2.22. The van der Waals surface area contributed by atoms with Crippen LogP contribution in [0.5, 0.6) is 0 Å². The predicted octanol–water partition coefficient (Wildman–Crippen LogP) is 15.4. The number of hydrogen-bond acceptors (Lipinski definition) is 3. The van der Waals surface area contributed by atoms with E-state index in [-0.39, 0.29) is 5.41 Å². The molecule has 2 aromatic heterocycles. The summed E-state index contributed by atoms with van der Waals surface area (Å²) in [4.78, 5) is 12.3. The smallest absolute Gasteiger partial charge is 0.0702 e. The Bertz CT molecular complexity index is 3040. The summed E-state index contributed by atoms with van der Waals surface area (Å²) >= 11 is 0. The van der Waals surface area contributed by atoms with Crippen LogP contribution in [0.1, 0.15) is 36.1 Å². The first-order chi connectivity index (χ1) is 31.9. The first-order valence-corrected chi connectivity index (χ1v) is 22.9. The zero-order valence-corrected chi connectivity index (χ0v) is 37.2. The molecule has 65 heavy (non-hydrogen) atoms. The third-order valence-electron chi connectivity index (χ3n) is 12.7. The second-order valence-corrected chi connectivity index (χ2v) is 18.1. The fraction of sp³-hybridized carbons (Fsp3) is 0.129. The average Bonchev–Trinajstić information content (AvgIpc) is 3.75. The van der Waals surface area contributed by atoms with E-state index in [9.17, 15) is 0 Å². The van der Waals surface area contributed by atoms with Crippen molar-refractivity contribution in [3.8, 4) is 67.0 Å². The molecular weight excluding hydrogens is 787 g/mol. The molecule has 0 atom stereocenters. The monoisotopic (exact) mass is 839 g/mol. The van der Waals surface area contributed by atoms with Gasteiger partial charge in [0.1, 0.15) is 0 Å². The summed E-state index contributed by atoms with van der Waals surface area (Å²) < 4.78 is 0. The molecule has 0 saturated heterocycles. The van der Waals surface area contributed by atoms with E-state index in [2.05, 4.69) is 225 Å². The number of nitrogens with zero attached hydrogens (tertiary/aromatic N) is 3. The second kappa shape index (κ2) is 18.6. The van der Waals surface area contributed by atoms with Gasteiger partial charge in [-0.1, -0.05) is 190 Å². The highest BCUT2D eigenvalue weighted by molar-refractivity contribution is 5.84. The van der Waals surface area contributed by atoms with Crippen molar-refractivity contribution in [3.05, 3.63) is 247 Å². The molecule has 0 spiro atoms. The van der Waals surface area contributed by atoms with Crippen LogP contribution in [0.4, 0.5) is 5.69 Å². The van der Waals surface area contributed by atoms with Gasteiger partial charge in [-0.3, -0.25) is 9.97 Å². The van der Waals surface area contributed by atoms with Crippen molar-refractivity contribution in [3.63, 3.8) is 0 Å². The molecule has 0 aliphatic carbocycles. The molecule has 10 rings (SSSR count). The summed E-state index contributed by atoms with van der Waals surface area (Å²) in [5.74, 6) is 0. The summed E-state index contributed by atoms with van der Waals surface area (Å²) in [7, 11) is 0. The topological polar surface area (TPSA) is 29.0 Å². The maximum absolute atomic E-state index is 5.06. The number of hydrogen-bond donors (Lipinski definition) is 0. The molecular formula is C62H53N3. The van der Waals surface area contributed by atoms with Gasteiger partial charge in [-0.25, -0.2) is 0 Å². The van der Waals surface area contributed by atoms with E-state index in [1.165, 1.54) is 66.9 Å². The molecule has 0 bridgehead atoms. The van der Waals surface area contributed by atoms with E-state index in [1.807, 2.05) is 18.5 Å². The highest BCUT2D eigenvalue weighted by Crippen LogP contribution is 2.36. The molecule has 9 aromatic rings. The van der Waals surface area contributed by atoms with Gasteiger partial charge in [-0.15, -0.1) is 0 Å². The Balaban J connectivity index is 0.903. The minimum atomic E-state index is 0.201. The summed E-state index contributed by atoms with van der Waals surface area (Å²) in [5, 5.41) is 0. The molecule has 1 aliphatic rings. The lowest BCUT2D eigenvalue weighted by molar-refractivity contribution is 0.516. The van der Waals surface area contributed by atoms with Gasteiger partial charge in [0.05, 0.1) is 11.4 Å². The van der Waals surface area contributed by atoms with Crippen molar-refractivity contribution in [2.24, 2.45) is 5.41 Å². The van der Waals surface area contributed by atoms with Crippen LogP contribution in [-0.4, -0.2) is 16.5 Å². The van der Waals surface area contributed by atoms with Crippen LogP contribution in [0.3, 0.4) is 0 Å². The Morgan fingerprint density at radius 3 is 1.52 bits per heavy atom. The van der Waals surface area contributed by atoms with Crippen molar-refractivity contribution in [1.82, 2.24) is 9.97 Å². The van der Waals surface area contributed by atoms with E-state index >= 15 is 0 Å². The normalized spacial score (nSPS) is 13.0. The van der Waals surface area contributed by atoms with Gasteiger partial charge in [-0.2, -0.15) is 0 Å². The first kappa shape index (κ1) is 41.4. The molecule has 3 heteroatoms. The number of pyridine rings is 2. The maximum Gasteiger partial charge on any atom is 0.0702 e. The number of anilines is 1. The average molecular weight is 840 g/mol. The molecule has 7 aromatic carbocycles. The summed E-state index contributed by atoms with van der Waals surface area (Å²) in [6, 6.07) is 72.4. The standard InChI is InChI=1S/C62H53N3/c1-62(2)36-37-65(44-62)57-32-24-45(25-33-57)20-22-47-38-48(23-21-46-26-34-60(63-42-46)52-14-7-4-8-15-52)40-56(39-47)59-19-10-9-18-58(59)55-31-35-61(64-43-55)54-17-11-16-53(41-54)51-29-27-50(28-30-51)49-12-5-3-6-13-49/h3-19,24-43H,20-23,44H2,1-2H3. The summed E-state index contributed by atoms with van der Waals surface area (Å²) in [6.07, 6.45) is 12.4. The van der Waals surface area contributed by atoms with Gasteiger partial charge in [0.25, 0.3) is 0 Å². The van der Waals surface area contributed by atoms with Gasteiger partial charge in [0, 0.05) is 52.9 Å². The van der Waals surface area contributed by atoms with Gasteiger partial charge in [-0.05, 0) is 117 Å². The number of aromatic nitrogens is 2. The van der Waals surface area contributed by atoms with Crippen molar-refractivity contribution in [1.29, 1.82) is 0 Å². The highest BCUT2D eigenvalue weighted by Gasteiger charge is 2.23. The van der Waals surface area contributed by atoms with Crippen LogP contribution in [0.2, 0.25) is 0 Å². The van der Waals surface area contributed by atoms with E-state index < -0.39 is 0 Å². The van der Waals surface area contributed by atoms with Crippen molar-refractivity contribution < 1.29 is 0 Å². The molecule has 3 nitrogen and oxygen atoms in total. The Morgan fingerprint density at radius 2 is 0.892 bits per heavy atom. The molecule has 0 unspecified atom stereocenters. The van der Waals surface area contributed by atoms with Gasteiger partial charge < -0.3 is 4.90 Å². The molecule has 0 radical (unpaired) electrons. The SMILES string of the molecule is CC1(C)C=CN(c2ccc(CCc3cc(CCc4ccc(-c5ccccc5)nc4)cc(-c4ccccc4-c4ccc(-c5cccc(-c6ccc(-c7ccccc7)cc6)c5)nc4)c3)cc2)C1. The van der Waals surface area contributed by atoms with Crippen molar-refractivity contribution >= 4 is 5.69 Å². The lowest BCUT2D eigenvalue weighted by atomic mass is 9.90. The summed E-state index contributed by atoms with van der Waals surface area (Å²) in [5.41, 5.74) is 20.5. The molecule has 0 N–H and O–H groups in total.